The Kier molecular flexibility index (Phi) is 5.81. The predicted octanol–water partition coefficient (Wildman–Crippen LogP) is 0.343. The summed E-state index contributed by atoms with van der Waals surface area (Å²) in [5.74, 6) is -2.12. The van der Waals surface area contributed by atoms with Gasteiger partial charge in [0.15, 0.2) is 6.04 Å². The lowest BCUT2D eigenvalue weighted by molar-refractivity contribution is -0.141. The molecule has 1 aliphatic rings. The van der Waals surface area contributed by atoms with E-state index < -0.39 is 34.0 Å². The first-order chi connectivity index (χ1) is 11.6. The standard InChI is InChI=1S/C16H22N2O6S/c1-10-5-6-12(25(23,24)18-7-3-4-8-18)9-13(10)15(20)17-14(11(2)19)16(21)22/h5-6,9,11,14,19H,3-4,7-8H2,1-2H3,(H,17,20)(H,21,22). The van der Waals surface area contributed by atoms with E-state index in [1.807, 2.05) is 0 Å². The molecule has 0 aliphatic carbocycles. The summed E-state index contributed by atoms with van der Waals surface area (Å²) in [4.78, 5) is 23.5. The minimum Gasteiger partial charge on any atom is -0.480 e. The molecule has 1 fully saturated rings. The van der Waals surface area contributed by atoms with Gasteiger partial charge < -0.3 is 15.5 Å². The molecule has 2 atom stereocenters. The summed E-state index contributed by atoms with van der Waals surface area (Å²) in [5, 5.41) is 20.8. The zero-order chi connectivity index (χ0) is 18.8. The molecule has 8 nitrogen and oxygen atoms in total. The van der Waals surface area contributed by atoms with Crippen molar-refractivity contribution in [3.63, 3.8) is 0 Å². The van der Waals surface area contributed by atoms with Crippen LogP contribution in [-0.2, 0) is 14.8 Å². The van der Waals surface area contributed by atoms with Crippen molar-refractivity contribution >= 4 is 21.9 Å². The molecule has 1 aliphatic heterocycles. The maximum absolute atomic E-state index is 12.6. The molecule has 0 aromatic heterocycles. The maximum Gasteiger partial charge on any atom is 0.328 e. The van der Waals surface area contributed by atoms with E-state index in [0.29, 0.717) is 18.7 Å². The monoisotopic (exact) mass is 370 g/mol. The van der Waals surface area contributed by atoms with Gasteiger partial charge >= 0.3 is 5.97 Å². The Hall–Kier alpha value is -1.97. The number of carbonyl (C=O) groups is 2. The Balaban J connectivity index is 2.32. The first kappa shape index (κ1) is 19.4. The Morgan fingerprint density at radius 3 is 2.36 bits per heavy atom. The zero-order valence-electron chi connectivity index (χ0n) is 14.1. The quantitative estimate of drug-likeness (QED) is 0.663. The number of hydrogen-bond acceptors (Lipinski definition) is 5. The molecule has 1 amide bonds. The van der Waals surface area contributed by atoms with Crippen molar-refractivity contribution in [3.05, 3.63) is 29.3 Å². The number of sulfonamides is 1. The van der Waals surface area contributed by atoms with Gasteiger partial charge in [-0.3, -0.25) is 4.79 Å². The van der Waals surface area contributed by atoms with E-state index in [0.717, 1.165) is 12.8 Å². The first-order valence-electron chi connectivity index (χ1n) is 7.97. The fourth-order valence-corrected chi connectivity index (χ4v) is 4.24. The molecule has 2 rings (SSSR count). The normalized spacial score (nSPS) is 17.9. The SMILES string of the molecule is Cc1ccc(S(=O)(=O)N2CCCC2)cc1C(=O)NC(C(=O)O)C(C)O. The molecule has 0 bridgehead atoms. The van der Waals surface area contributed by atoms with Gasteiger partial charge in [-0.05, 0) is 44.4 Å². The Morgan fingerprint density at radius 2 is 1.84 bits per heavy atom. The molecule has 2 unspecified atom stereocenters. The van der Waals surface area contributed by atoms with Gasteiger partial charge in [0.2, 0.25) is 10.0 Å². The third-order valence-electron chi connectivity index (χ3n) is 4.19. The van der Waals surface area contributed by atoms with Crippen molar-refractivity contribution in [3.8, 4) is 0 Å². The van der Waals surface area contributed by atoms with Gasteiger partial charge in [-0.25, -0.2) is 13.2 Å². The maximum atomic E-state index is 12.6. The van der Waals surface area contributed by atoms with Crippen molar-refractivity contribution in [2.45, 2.75) is 43.7 Å². The van der Waals surface area contributed by atoms with Crippen LogP contribution in [0.25, 0.3) is 0 Å². The van der Waals surface area contributed by atoms with Gasteiger partial charge in [-0.15, -0.1) is 0 Å². The summed E-state index contributed by atoms with van der Waals surface area (Å²) < 4.78 is 26.6. The lowest BCUT2D eigenvalue weighted by atomic mass is 10.1. The van der Waals surface area contributed by atoms with Crippen molar-refractivity contribution < 1.29 is 28.2 Å². The van der Waals surface area contributed by atoms with E-state index in [9.17, 15) is 23.1 Å². The largest absolute Gasteiger partial charge is 0.480 e. The molecule has 1 aromatic rings. The number of carboxylic acid groups (broad SMARTS) is 1. The highest BCUT2D eigenvalue weighted by Gasteiger charge is 2.29. The average Bonchev–Trinajstić information content (AvgIpc) is 3.07. The van der Waals surface area contributed by atoms with Gasteiger partial charge in [0.25, 0.3) is 5.91 Å². The van der Waals surface area contributed by atoms with Crippen molar-refractivity contribution in [2.24, 2.45) is 0 Å². The average molecular weight is 370 g/mol. The third kappa shape index (κ3) is 4.17. The van der Waals surface area contributed by atoms with Gasteiger partial charge in [0.05, 0.1) is 11.0 Å². The number of benzene rings is 1. The van der Waals surface area contributed by atoms with Crippen LogP contribution in [0.15, 0.2) is 23.1 Å². The number of carboxylic acids is 1. The lowest BCUT2D eigenvalue weighted by Gasteiger charge is -2.19. The fraction of sp³-hybridized carbons (Fsp3) is 0.500. The van der Waals surface area contributed by atoms with Gasteiger partial charge in [-0.2, -0.15) is 4.31 Å². The summed E-state index contributed by atoms with van der Waals surface area (Å²) in [6.07, 6.45) is 0.304. The highest BCUT2D eigenvalue weighted by atomic mass is 32.2. The van der Waals surface area contributed by atoms with Crippen molar-refractivity contribution in [1.29, 1.82) is 0 Å². The number of aliphatic hydroxyl groups is 1. The van der Waals surface area contributed by atoms with E-state index in [-0.39, 0.29) is 10.5 Å². The molecule has 0 saturated carbocycles. The van der Waals surface area contributed by atoms with Crippen LogP contribution >= 0.6 is 0 Å². The number of carbonyl (C=O) groups excluding carboxylic acids is 1. The number of amides is 1. The minimum absolute atomic E-state index is 0.00549. The number of aliphatic hydroxyl groups excluding tert-OH is 1. The summed E-state index contributed by atoms with van der Waals surface area (Å²) in [7, 11) is -3.68. The van der Waals surface area contributed by atoms with Gasteiger partial charge in [0.1, 0.15) is 0 Å². The lowest BCUT2D eigenvalue weighted by Crippen LogP contribution is -2.47. The van der Waals surface area contributed by atoms with E-state index in [4.69, 9.17) is 5.11 Å². The Labute approximate surface area is 146 Å². The number of nitrogens with one attached hydrogen (secondary N) is 1. The van der Waals surface area contributed by atoms with Crippen molar-refractivity contribution in [2.75, 3.05) is 13.1 Å². The molecule has 0 radical (unpaired) electrons. The smallest absolute Gasteiger partial charge is 0.328 e. The first-order valence-corrected chi connectivity index (χ1v) is 9.41. The van der Waals surface area contributed by atoms with Crippen LogP contribution in [-0.4, -0.2) is 60.0 Å². The van der Waals surface area contributed by atoms with Gasteiger partial charge in [0, 0.05) is 18.7 Å². The molecule has 0 spiro atoms. The van der Waals surface area contributed by atoms with Crippen LogP contribution in [0, 0.1) is 6.92 Å². The molecular formula is C16H22N2O6S. The molecular weight excluding hydrogens is 348 g/mol. The molecule has 1 saturated heterocycles. The van der Waals surface area contributed by atoms with Crippen LogP contribution in [0.1, 0.15) is 35.7 Å². The zero-order valence-corrected chi connectivity index (χ0v) is 14.9. The van der Waals surface area contributed by atoms with Crippen LogP contribution in [0.2, 0.25) is 0 Å². The minimum atomic E-state index is -3.68. The highest BCUT2D eigenvalue weighted by molar-refractivity contribution is 7.89. The van der Waals surface area contributed by atoms with Crippen LogP contribution in [0.5, 0.6) is 0 Å². The summed E-state index contributed by atoms with van der Waals surface area (Å²) >= 11 is 0. The summed E-state index contributed by atoms with van der Waals surface area (Å²) in [6.45, 7) is 3.77. The van der Waals surface area contributed by atoms with E-state index in [1.54, 1.807) is 6.92 Å². The molecule has 9 heteroatoms. The Bertz CT molecular complexity index is 769. The molecule has 138 valence electrons. The topological polar surface area (TPSA) is 124 Å². The fourth-order valence-electron chi connectivity index (χ4n) is 2.69. The second-order valence-corrected chi connectivity index (χ2v) is 8.06. The molecule has 3 N–H and O–H groups in total. The number of aryl methyl sites for hydroxylation is 1. The third-order valence-corrected chi connectivity index (χ3v) is 6.09. The number of rotatable bonds is 6. The predicted molar refractivity (Wildman–Crippen MR) is 89.7 cm³/mol. The second-order valence-electron chi connectivity index (χ2n) is 6.12. The number of hydrogen-bond donors (Lipinski definition) is 3. The van der Waals surface area contributed by atoms with Crippen LogP contribution < -0.4 is 5.32 Å². The van der Waals surface area contributed by atoms with Gasteiger partial charge in [-0.1, -0.05) is 6.07 Å². The van der Waals surface area contributed by atoms with E-state index in [2.05, 4.69) is 5.32 Å². The molecule has 1 aromatic carbocycles. The van der Waals surface area contributed by atoms with Crippen LogP contribution in [0.4, 0.5) is 0 Å². The summed E-state index contributed by atoms with van der Waals surface area (Å²) in [6, 6.07) is 2.71. The van der Waals surface area contributed by atoms with Crippen molar-refractivity contribution in [1.82, 2.24) is 9.62 Å². The van der Waals surface area contributed by atoms with E-state index in [1.165, 1.54) is 29.4 Å². The highest BCUT2D eigenvalue weighted by Crippen LogP contribution is 2.23. The molecule has 25 heavy (non-hydrogen) atoms. The molecule has 1 heterocycles. The Morgan fingerprint density at radius 1 is 1.24 bits per heavy atom. The summed E-state index contributed by atoms with van der Waals surface area (Å²) in [5.41, 5.74) is 0.569. The van der Waals surface area contributed by atoms with Crippen LogP contribution in [0.3, 0.4) is 0 Å². The number of aliphatic carboxylic acids is 1. The second kappa shape index (κ2) is 7.51. The van der Waals surface area contributed by atoms with E-state index >= 15 is 0 Å². The number of nitrogens with zero attached hydrogens (tertiary/aromatic N) is 1.